The van der Waals surface area contributed by atoms with E-state index in [1.165, 1.54) is 32.1 Å². The van der Waals surface area contributed by atoms with Crippen LogP contribution in [-0.4, -0.2) is 31.1 Å². The molecule has 0 heterocycles. The molecule has 1 aromatic rings. The molecule has 1 aliphatic carbocycles. The maximum Gasteiger partial charge on any atom is 0.0823 e. The van der Waals surface area contributed by atoms with Crippen LogP contribution in [0.5, 0.6) is 0 Å². The van der Waals surface area contributed by atoms with Crippen LogP contribution in [-0.2, 0) is 0 Å². The van der Waals surface area contributed by atoms with E-state index in [4.69, 9.17) is 23.2 Å². The Kier molecular flexibility index (Phi) is 5.80. The van der Waals surface area contributed by atoms with Crippen molar-refractivity contribution in [2.75, 3.05) is 25.5 Å². The van der Waals surface area contributed by atoms with E-state index in [1.807, 2.05) is 18.2 Å². The Morgan fingerprint density at radius 2 is 1.95 bits per heavy atom. The molecule has 0 bridgehead atoms. The van der Waals surface area contributed by atoms with E-state index < -0.39 is 0 Å². The molecule has 1 N–H and O–H groups in total. The van der Waals surface area contributed by atoms with E-state index in [0.717, 1.165) is 24.8 Å². The molecule has 19 heavy (non-hydrogen) atoms. The number of nitrogens with one attached hydrogen (secondary N) is 1. The predicted octanol–water partition coefficient (Wildman–Crippen LogP) is 4.67. The molecular formula is C15H22Cl2N2. The van der Waals surface area contributed by atoms with E-state index in [9.17, 15) is 0 Å². The molecule has 0 radical (unpaired) electrons. The van der Waals surface area contributed by atoms with Gasteiger partial charge in [-0.3, -0.25) is 0 Å². The molecule has 1 aliphatic rings. The summed E-state index contributed by atoms with van der Waals surface area (Å²) in [5.74, 6) is 0. The van der Waals surface area contributed by atoms with Gasteiger partial charge < -0.3 is 10.2 Å². The maximum atomic E-state index is 6.15. The number of hydrogen-bond donors (Lipinski definition) is 1. The summed E-state index contributed by atoms with van der Waals surface area (Å²) in [5.41, 5.74) is 0.922. The van der Waals surface area contributed by atoms with Gasteiger partial charge in [0, 0.05) is 19.1 Å². The van der Waals surface area contributed by atoms with Crippen molar-refractivity contribution in [3.63, 3.8) is 0 Å². The highest BCUT2D eigenvalue weighted by Crippen LogP contribution is 2.29. The fraction of sp³-hybridized carbons (Fsp3) is 0.600. The van der Waals surface area contributed by atoms with Gasteiger partial charge in [0.2, 0.25) is 0 Å². The number of benzene rings is 1. The molecular weight excluding hydrogens is 279 g/mol. The van der Waals surface area contributed by atoms with Crippen molar-refractivity contribution in [1.82, 2.24) is 4.90 Å². The first kappa shape index (κ1) is 15.0. The quantitative estimate of drug-likeness (QED) is 0.850. The normalized spacial score (nSPS) is 16.8. The first-order chi connectivity index (χ1) is 9.18. The zero-order valence-electron chi connectivity index (χ0n) is 11.5. The average Bonchev–Trinajstić information content (AvgIpc) is 2.44. The van der Waals surface area contributed by atoms with Crippen molar-refractivity contribution in [2.45, 2.75) is 38.1 Å². The summed E-state index contributed by atoms with van der Waals surface area (Å²) in [4.78, 5) is 2.46. The second kappa shape index (κ2) is 7.37. The third-order valence-electron chi connectivity index (χ3n) is 3.93. The zero-order valence-corrected chi connectivity index (χ0v) is 13.0. The lowest BCUT2D eigenvalue weighted by molar-refractivity contribution is 0.198. The summed E-state index contributed by atoms with van der Waals surface area (Å²) in [5, 5.41) is 4.58. The number of halogens is 2. The first-order valence-corrected chi connectivity index (χ1v) is 7.82. The highest BCUT2D eigenvalue weighted by Gasteiger charge is 2.17. The lowest BCUT2D eigenvalue weighted by atomic mass is 9.94. The van der Waals surface area contributed by atoms with Gasteiger partial charge in [0.25, 0.3) is 0 Å². The van der Waals surface area contributed by atoms with E-state index >= 15 is 0 Å². The topological polar surface area (TPSA) is 15.3 Å². The third kappa shape index (κ3) is 4.27. The predicted molar refractivity (Wildman–Crippen MR) is 84.5 cm³/mol. The summed E-state index contributed by atoms with van der Waals surface area (Å²) < 4.78 is 0. The van der Waals surface area contributed by atoms with Gasteiger partial charge >= 0.3 is 0 Å². The van der Waals surface area contributed by atoms with E-state index in [2.05, 4.69) is 17.3 Å². The Hall–Kier alpha value is -0.440. The molecule has 0 spiro atoms. The Morgan fingerprint density at radius 1 is 1.21 bits per heavy atom. The molecule has 4 heteroatoms. The summed E-state index contributed by atoms with van der Waals surface area (Å²) in [6.45, 7) is 1.93. The molecule has 0 saturated heterocycles. The van der Waals surface area contributed by atoms with Gasteiger partial charge in [-0.2, -0.15) is 0 Å². The van der Waals surface area contributed by atoms with Crippen LogP contribution in [0.2, 0.25) is 10.0 Å². The second-order valence-corrected chi connectivity index (χ2v) is 6.09. The largest absolute Gasteiger partial charge is 0.383 e. The molecule has 0 unspecified atom stereocenters. The van der Waals surface area contributed by atoms with Gasteiger partial charge in [-0.15, -0.1) is 0 Å². The summed E-state index contributed by atoms with van der Waals surface area (Å²) in [6.07, 6.45) is 6.84. The van der Waals surface area contributed by atoms with Gasteiger partial charge in [0.1, 0.15) is 0 Å². The number of likely N-dealkylation sites (N-methyl/N-ethyl adjacent to an activating group) is 1. The van der Waals surface area contributed by atoms with Crippen molar-refractivity contribution < 1.29 is 0 Å². The zero-order chi connectivity index (χ0) is 13.7. The molecule has 1 fully saturated rings. The third-order valence-corrected chi connectivity index (χ3v) is 4.75. The molecule has 0 aromatic heterocycles. The van der Waals surface area contributed by atoms with Crippen molar-refractivity contribution in [2.24, 2.45) is 0 Å². The number of rotatable bonds is 5. The van der Waals surface area contributed by atoms with Crippen LogP contribution in [0.1, 0.15) is 32.1 Å². The van der Waals surface area contributed by atoms with Crippen LogP contribution in [0.25, 0.3) is 0 Å². The minimum Gasteiger partial charge on any atom is -0.383 e. The Morgan fingerprint density at radius 3 is 2.68 bits per heavy atom. The number of anilines is 1. The smallest absolute Gasteiger partial charge is 0.0823 e. The minimum absolute atomic E-state index is 0.604. The van der Waals surface area contributed by atoms with Crippen molar-refractivity contribution in [3.05, 3.63) is 28.2 Å². The fourth-order valence-electron chi connectivity index (χ4n) is 2.71. The highest BCUT2D eigenvalue weighted by molar-refractivity contribution is 6.43. The molecule has 0 aliphatic heterocycles. The van der Waals surface area contributed by atoms with Crippen LogP contribution >= 0.6 is 23.2 Å². The Labute approximate surface area is 126 Å². The van der Waals surface area contributed by atoms with E-state index in [0.29, 0.717) is 10.0 Å². The van der Waals surface area contributed by atoms with Gasteiger partial charge in [0.15, 0.2) is 0 Å². The van der Waals surface area contributed by atoms with Crippen LogP contribution in [0.15, 0.2) is 18.2 Å². The van der Waals surface area contributed by atoms with Crippen LogP contribution in [0.4, 0.5) is 5.69 Å². The lowest BCUT2D eigenvalue weighted by Crippen LogP contribution is -2.36. The number of nitrogens with zero attached hydrogens (tertiary/aromatic N) is 1. The molecule has 1 saturated carbocycles. The highest BCUT2D eigenvalue weighted by atomic mass is 35.5. The monoisotopic (exact) mass is 300 g/mol. The van der Waals surface area contributed by atoms with E-state index in [1.54, 1.807) is 0 Å². The second-order valence-electron chi connectivity index (χ2n) is 5.30. The van der Waals surface area contributed by atoms with Crippen molar-refractivity contribution in [3.8, 4) is 0 Å². The molecule has 0 amide bonds. The minimum atomic E-state index is 0.604. The van der Waals surface area contributed by atoms with Crippen molar-refractivity contribution >= 4 is 28.9 Å². The van der Waals surface area contributed by atoms with Crippen molar-refractivity contribution in [1.29, 1.82) is 0 Å². The molecule has 0 atom stereocenters. The molecule has 1 aromatic carbocycles. The molecule has 2 rings (SSSR count). The number of hydrogen-bond acceptors (Lipinski definition) is 2. The molecule has 2 nitrogen and oxygen atoms in total. The maximum absolute atomic E-state index is 6.15. The van der Waals surface area contributed by atoms with Crippen LogP contribution < -0.4 is 5.32 Å². The summed E-state index contributed by atoms with van der Waals surface area (Å²) in [7, 11) is 2.22. The SMILES string of the molecule is CN(CCNc1cccc(Cl)c1Cl)C1CCCCC1. The first-order valence-electron chi connectivity index (χ1n) is 7.06. The lowest BCUT2D eigenvalue weighted by Gasteiger charge is -2.31. The van der Waals surface area contributed by atoms with Gasteiger partial charge in [-0.05, 0) is 32.0 Å². The van der Waals surface area contributed by atoms with Crippen LogP contribution in [0, 0.1) is 0 Å². The van der Waals surface area contributed by atoms with E-state index in [-0.39, 0.29) is 0 Å². The fourth-order valence-corrected chi connectivity index (χ4v) is 3.08. The van der Waals surface area contributed by atoms with Gasteiger partial charge in [-0.25, -0.2) is 0 Å². The average molecular weight is 301 g/mol. The standard InChI is InChI=1S/C15H22Cl2N2/c1-19(12-6-3-2-4-7-12)11-10-18-14-9-5-8-13(16)15(14)17/h5,8-9,12,18H,2-4,6-7,10-11H2,1H3. The Balaban J connectivity index is 1.78. The Bertz CT molecular complexity index is 403. The van der Waals surface area contributed by atoms with Gasteiger partial charge in [0.05, 0.1) is 15.7 Å². The van der Waals surface area contributed by atoms with Crippen LogP contribution in [0.3, 0.4) is 0 Å². The molecule has 106 valence electrons. The summed E-state index contributed by atoms with van der Waals surface area (Å²) in [6, 6.07) is 6.45. The summed E-state index contributed by atoms with van der Waals surface area (Å²) >= 11 is 12.1. The van der Waals surface area contributed by atoms with Gasteiger partial charge in [-0.1, -0.05) is 48.5 Å².